The van der Waals surface area contributed by atoms with E-state index in [1.807, 2.05) is 12.2 Å². The summed E-state index contributed by atoms with van der Waals surface area (Å²) in [7, 11) is 0. The van der Waals surface area contributed by atoms with Gasteiger partial charge in [0.25, 0.3) is 0 Å². The van der Waals surface area contributed by atoms with Gasteiger partial charge in [-0.25, -0.2) is 18.4 Å². The Morgan fingerprint density at radius 2 is 1.59 bits per heavy atom. The number of hydrogen-bond acceptors (Lipinski definition) is 5. The van der Waals surface area contributed by atoms with Crippen LogP contribution >= 0.6 is 0 Å². The van der Waals surface area contributed by atoms with E-state index in [1.165, 1.54) is 53.7 Å². The molecule has 3 aromatic carbocycles. The highest BCUT2D eigenvalue weighted by Crippen LogP contribution is 2.28. The van der Waals surface area contributed by atoms with Gasteiger partial charge in [0.05, 0.1) is 0 Å². The van der Waals surface area contributed by atoms with Crippen LogP contribution in [0.15, 0.2) is 91.5 Å². The maximum Gasteiger partial charge on any atom is 0.247 e. The molecule has 2 unspecified atom stereocenters. The molecule has 1 aliphatic heterocycles. The molecule has 0 bridgehead atoms. The Bertz CT molecular complexity index is 1440. The Morgan fingerprint density at radius 3 is 2.23 bits per heavy atom. The fourth-order valence-electron chi connectivity index (χ4n) is 4.37. The van der Waals surface area contributed by atoms with Gasteiger partial charge < -0.3 is 15.0 Å². The first kappa shape index (κ1) is 25.8. The third-order valence-electron chi connectivity index (χ3n) is 6.32. The van der Waals surface area contributed by atoms with E-state index >= 15 is 0 Å². The molecule has 1 aliphatic rings. The van der Waals surface area contributed by atoms with Crippen molar-refractivity contribution in [2.75, 3.05) is 11.9 Å². The van der Waals surface area contributed by atoms with Crippen molar-refractivity contribution in [2.45, 2.75) is 19.0 Å². The summed E-state index contributed by atoms with van der Waals surface area (Å²) in [4.78, 5) is 31.9. The molecule has 5 rings (SSSR count). The molecule has 1 fully saturated rings. The molecular formula is C29H25F2N5O3. The van der Waals surface area contributed by atoms with Crippen LogP contribution in [0.25, 0.3) is 6.08 Å². The van der Waals surface area contributed by atoms with Crippen LogP contribution in [0.4, 0.5) is 14.5 Å². The van der Waals surface area contributed by atoms with E-state index in [2.05, 4.69) is 15.4 Å². The molecule has 0 spiro atoms. The van der Waals surface area contributed by atoms with Crippen LogP contribution in [0.1, 0.15) is 12.0 Å². The standard InChI is InChI=1S/C29H25F2N5O3/c30-22-5-3-20(4-6-22)1-2-21-15-27(36(16-21)28(37)17-35-19-32-18-33-35)29(38)34-24-9-13-26(14-10-24)39-25-11-7-23(31)8-12-25/h1-14,18-19,21,27H,15-17H2,(H,34,38). The van der Waals surface area contributed by atoms with Gasteiger partial charge in [-0.2, -0.15) is 5.10 Å². The van der Waals surface area contributed by atoms with Crippen LogP contribution in [-0.4, -0.2) is 44.1 Å². The number of hydrogen-bond donors (Lipinski definition) is 1. The number of amides is 2. The highest BCUT2D eigenvalue weighted by atomic mass is 19.1. The van der Waals surface area contributed by atoms with Gasteiger partial charge >= 0.3 is 0 Å². The number of carbonyl (C=O) groups is 2. The molecular weight excluding hydrogens is 504 g/mol. The number of likely N-dealkylation sites (tertiary alicyclic amines) is 1. The minimum absolute atomic E-state index is 0.0341. The number of carbonyl (C=O) groups excluding carboxylic acids is 2. The van der Waals surface area contributed by atoms with E-state index in [-0.39, 0.29) is 35.9 Å². The summed E-state index contributed by atoms with van der Waals surface area (Å²) in [5.74, 6) is -0.291. The molecule has 0 aliphatic carbocycles. The largest absolute Gasteiger partial charge is 0.457 e. The van der Waals surface area contributed by atoms with Crippen molar-refractivity contribution in [3.05, 3.63) is 109 Å². The van der Waals surface area contributed by atoms with Gasteiger partial charge in [0, 0.05) is 12.2 Å². The summed E-state index contributed by atoms with van der Waals surface area (Å²) in [6.45, 7) is 0.321. The molecule has 2 amide bonds. The minimum atomic E-state index is -0.695. The van der Waals surface area contributed by atoms with Crippen molar-refractivity contribution in [2.24, 2.45) is 5.92 Å². The molecule has 0 radical (unpaired) electrons. The molecule has 4 aromatic rings. The van der Waals surface area contributed by atoms with Gasteiger partial charge in [0.1, 0.15) is 48.4 Å². The summed E-state index contributed by atoms with van der Waals surface area (Å²) in [5.41, 5.74) is 1.37. The normalized spacial score (nSPS) is 16.9. The number of benzene rings is 3. The van der Waals surface area contributed by atoms with E-state index in [0.29, 0.717) is 30.2 Å². The molecule has 0 saturated carbocycles. The van der Waals surface area contributed by atoms with E-state index in [1.54, 1.807) is 41.3 Å². The molecule has 1 N–H and O–H groups in total. The van der Waals surface area contributed by atoms with Gasteiger partial charge in [-0.05, 0) is 78.6 Å². The van der Waals surface area contributed by atoms with Crippen LogP contribution < -0.4 is 10.1 Å². The summed E-state index contributed by atoms with van der Waals surface area (Å²) >= 11 is 0. The highest BCUT2D eigenvalue weighted by molar-refractivity contribution is 5.97. The first-order valence-electron chi connectivity index (χ1n) is 12.3. The lowest BCUT2D eigenvalue weighted by molar-refractivity contribution is -0.137. The van der Waals surface area contributed by atoms with Gasteiger partial charge in [0.2, 0.25) is 11.8 Å². The number of aromatic nitrogens is 3. The predicted molar refractivity (Wildman–Crippen MR) is 141 cm³/mol. The average molecular weight is 530 g/mol. The monoisotopic (exact) mass is 529 g/mol. The molecule has 8 nitrogen and oxygen atoms in total. The smallest absolute Gasteiger partial charge is 0.247 e. The lowest BCUT2D eigenvalue weighted by Crippen LogP contribution is -2.44. The number of ether oxygens (including phenoxy) is 1. The minimum Gasteiger partial charge on any atom is -0.457 e. The lowest BCUT2D eigenvalue weighted by atomic mass is 10.0. The first-order chi connectivity index (χ1) is 18.9. The van der Waals surface area contributed by atoms with Crippen molar-refractivity contribution >= 4 is 23.6 Å². The van der Waals surface area contributed by atoms with Crippen LogP contribution in [0.2, 0.25) is 0 Å². The van der Waals surface area contributed by atoms with E-state index in [9.17, 15) is 18.4 Å². The number of nitrogens with one attached hydrogen (secondary N) is 1. The van der Waals surface area contributed by atoms with Crippen LogP contribution in [0.5, 0.6) is 11.5 Å². The quantitative estimate of drug-likeness (QED) is 0.350. The fraction of sp³-hybridized carbons (Fsp3) is 0.172. The maximum absolute atomic E-state index is 13.3. The van der Waals surface area contributed by atoms with E-state index < -0.39 is 6.04 Å². The Hall–Kier alpha value is -4.86. The highest BCUT2D eigenvalue weighted by Gasteiger charge is 2.38. The average Bonchev–Trinajstić information content (AvgIpc) is 3.61. The van der Waals surface area contributed by atoms with Crippen molar-refractivity contribution in [3.8, 4) is 11.5 Å². The van der Waals surface area contributed by atoms with Crippen molar-refractivity contribution in [1.29, 1.82) is 0 Å². The third-order valence-corrected chi connectivity index (χ3v) is 6.32. The van der Waals surface area contributed by atoms with E-state index in [4.69, 9.17) is 4.74 Å². The van der Waals surface area contributed by atoms with Gasteiger partial charge in [0.15, 0.2) is 0 Å². The number of anilines is 1. The second-order valence-electron chi connectivity index (χ2n) is 9.13. The molecule has 1 aromatic heterocycles. The predicted octanol–water partition coefficient (Wildman–Crippen LogP) is 4.92. The number of rotatable bonds is 8. The summed E-state index contributed by atoms with van der Waals surface area (Å²) in [6.07, 6.45) is 7.03. The molecule has 10 heteroatoms. The Labute approximate surface area is 223 Å². The number of nitrogens with zero attached hydrogens (tertiary/aromatic N) is 4. The van der Waals surface area contributed by atoms with Gasteiger partial charge in [-0.3, -0.25) is 9.59 Å². The van der Waals surface area contributed by atoms with E-state index in [0.717, 1.165) is 5.56 Å². The van der Waals surface area contributed by atoms with Gasteiger partial charge in [-0.15, -0.1) is 0 Å². The summed E-state index contributed by atoms with van der Waals surface area (Å²) in [6, 6.07) is 17.8. The Kier molecular flexibility index (Phi) is 7.72. The third kappa shape index (κ3) is 6.72. The van der Waals surface area contributed by atoms with Crippen LogP contribution in [-0.2, 0) is 16.1 Å². The van der Waals surface area contributed by atoms with Gasteiger partial charge in [-0.1, -0.05) is 24.3 Å². The first-order valence-corrected chi connectivity index (χ1v) is 12.3. The summed E-state index contributed by atoms with van der Waals surface area (Å²) in [5, 5.41) is 6.88. The topological polar surface area (TPSA) is 89.4 Å². The molecule has 2 atom stereocenters. The van der Waals surface area contributed by atoms with Crippen molar-refractivity contribution in [3.63, 3.8) is 0 Å². The zero-order valence-corrected chi connectivity index (χ0v) is 20.8. The lowest BCUT2D eigenvalue weighted by Gasteiger charge is -2.24. The number of halogens is 2. The second kappa shape index (κ2) is 11.7. The zero-order valence-electron chi connectivity index (χ0n) is 20.8. The Balaban J connectivity index is 1.27. The molecule has 2 heterocycles. The van der Waals surface area contributed by atoms with Crippen LogP contribution in [0, 0.1) is 17.6 Å². The second-order valence-corrected chi connectivity index (χ2v) is 9.13. The molecule has 198 valence electrons. The van der Waals surface area contributed by atoms with Crippen molar-refractivity contribution in [1.82, 2.24) is 19.7 Å². The SMILES string of the molecule is O=C(Nc1ccc(Oc2ccc(F)cc2)cc1)C1CC(C=Cc2ccc(F)cc2)CN1C(=O)Cn1cncn1. The molecule has 39 heavy (non-hydrogen) atoms. The zero-order chi connectivity index (χ0) is 27.2. The van der Waals surface area contributed by atoms with Crippen molar-refractivity contribution < 1.29 is 23.1 Å². The molecule has 1 saturated heterocycles. The fourth-order valence-corrected chi connectivity index (χ4v) is 4.37. The Morgan fingerprint density at radius 1 is 0.949 bits per heavy atom. The maximum atomic E-state index is 13.3. The van der Waals surface area contributed by atoms with Crippen LogP contribution in [0.3, 0.4) is 0 Å². The summed E-state index contributed by atoms with van der Waals surface area (Å²) < 4.78 is 33.5.